The molecule has 0 aliphatic carbocycles. The molecule has 0 aliphatic heterocycles. The molecule has 5 heteroatoms. The number of carbonyl (C=O) groups excluding carboxylic acids is 1. The van der Waals surface area contributed by atoms with Crippen molar-refractivity contribution in [2.24, 2.45) is 0 Å². The molecule has 2 aromatic rings. The van der Waals surface area contributed by atoms with Gasteiger partial charge in [-0.25, -0.2) is 0 Å². The van der Waals surface area contributed by atoms with E-state index in [2.05, 4.69) is 0 Å². The molecule has 2 aromatic carbocycles. The van der Waals surface area contributed by atoms with Crippen LogP contribution in [0.1, 0.15) is 15.9 Å². The van der Waals surface area contributed by atoms with Crippen LogP contribution < -0.4 is 4.74 Å². The number of aromatic hydroxyl groups is 2. The molecule has 0 fully saturated rings. The van der Waals surface area contributed by atoms with Crippen LogP contribution >= 0.6 is 11.6 Å². The molecule has 0 saturated carbocycles. The minimum absolute atomic E-state index is 0.00676. The number of ketones is 1. The molecule has 0 atom stereocenters. The summed E-state index contributed by atoms with van der Waals surface area (Å²) in [6, 6.07) is 8.97. The highest BCUT2D eigenvalue weighted by atomic mass is 35.5. The fraction of sp³-hybridized carbons (Fsp3) is 0.0714. The summed E-state index contributed by atoms with van der Waals surface area (Å²) in [7, 11) is 1.41. The molecule has 2 N–H and O–H groups in total. The third-order valence-corrected chi connectivity index (χ3v) is 3.06. The van der Waals surface area contributed by atoms with E-state index in [-0.39, 0.29) is 33.4 Å². The Labute approximate surface area is 114 Å². The van der Waals surface area contributed by atoms with Crippen molar-refractivity contribution < 1.29 is 19.7 Å². The van der Waals surface area contributed by atoms with Gasteiger partial charge in [0.25, 0.3) is 0 Å². The maximum absolute atomic E-state index is 12.2. The fourth-order valence-electron chi connectivity index (χ4n) is 1.70. The average Bonchev–Trinajstić information content (AvgIpc) is 2.41. The van der Waals surface area contributed by atoms with Crippen molar-refractivity contribution in [3.8, 4) is 17.2 Å². The maximum Gasteiger partial charge on any atom is 0.200 e. The molecule has 0 aliphatic rings. The van der Waals surface area contributed by atoms with Gasteiger partial charge in [0.15, 0.2) is 0 Å². The second kappa shape index (κ2) is 5.20. The highest BCUT2D eigenvalue weighted by Gasteiger charge is 2.20. The van der Waals surface area contributed by atoms with Gasteiger partial charge in [-0.2, -0.15) is 0 Å². The molecule has 98 valence electrons. The molecule has 0 amide bonds. The molecule has 0 bridgehead atoms. The van der Waals surface area contributed by atoms with Crippen LogP contribution in [0.25, 0.3) is 0 Å². The number of phenols is 2. The first kappa shape index (κ1) is 13.2. The van der Waals surface area contributed by atoms with E-state index in [0.29, 0.717) is 0 Å². The number of ether oxygens (including phenoxy) is 1. The Morgan fingerprint density at radius 2 is 1.79 bits per heavy atom. The first-order valence-corrected chi connectivity index (χ1v) is 5.82. The number of hydrogen-bond donors (Lipinski definition) is 2. The molecule has 0 aromatic heterocycles. The van der Waals surface area contributed by atoms with E-state index >= 15 is 0 Å². The van der Waals surface area contributed by atoms with Crippen molar-refractivity contribution in [3.05, 3.63) is 52.5 Å². The zero-order valence-corrected chi connectivity index (χ0v) is 10.8. The van der Waals surface area contributed by atoms with Gasteiger partial charge in [-0.3, -0.25) is 4.79 Å². The highest BCUT2D eigenvalue weighted by Crippen LogP contribution is 2.37. The molecular weight excluding hydrogens is 268 g/mol. The highest BCUT2D eigenvalue weighted by molar-refractivity contribution is 6.34. The van der Waals surface area contributed by atoms with Crippen LogP contribution in [0.4, 0.5) is 0 Å². The lowest BCUT2D eigenvalue weighted by atomic mass is 10.0. The zero-order valence-electron chi connectivity index (χ0n) is 10.1. The van der Waals surface area contributed by atoms with Crippen LogP contribution in [-0.4, -0.2) is 23.1 Å². The Kier molecular flexibility index (Phi) is 3.62. The lowest BCUT2D eigenvalue weighted by Crippen LogP contribution is -2.02. The van der Waals surface area contributed by atoms with Gasteiger partial charge >= 0.3 is 0 Å². The fourth-order valence-corrected chi connectivity index (χ4v) is 1.94. The number of carbonyl (C=O) groups is 1. The van der Waals surface area contributed by atoms with Gasteiger partial charge in [-0.1, -0.05) is 23.7 Å². The summed E-state index contributed by atoms with van der Waals surface area (Å²) in [6.07, 6.45) is 0. The predicted octanol–water partition coefficient (Wildman–Crippen LogP) is 2.99. The van der Waals surface area contributed by atoms with E-state index in [1.165, 1.54) is 31.4 Å². The van der Waals surface area contributed by atoms with E-state index in [1.54, 1.807) is 12.1 Å². The molecule has 0 heterocycles. The molecular formula is C14H11ClO4. The minimum atomic E-state index is -0.514. The molecule has 0 radical (unpaired) electrons. The van der Waals surface area contributed by atoms with Gasteiger partial charge in [0.1, 0.15) is 22.3 Å². The van der Waals surface area contributed by atoms with E-state index in [9.17, 15) is 15.0 Å². The minimum Gasteiger partial charge on any atom is -0.507 e. The van der Waals surface area contributed by atoms with Crippen molar-refractivity contribution in [1.82, 2.24) is 0 Å². The molecule has 19 heavy (non-hydrogen) atoms. The van der Waals surface area contributed by atoms with E-state index in [4.69, 9.17) is 16.3 Å². The Morgan fingerprint density at radius 1 is 1.11 bits per heavy atom. The first-order valence-electron chi connectivity index (χ1n) is 5.44. The second-order valence-corrected chi connectivity index (χ2v) is 4.20. The van der Waals surface area contributed by atoms with Crippen molar-refractivity contribution in [2.45, 2.75) is 0 Å². The van der Waals surface area contributed by atoms with Crippen LogP contribution in [0.2, 0.25) is 5.02 Å². The summed E-state index contributed by atoms with van der Waals surface area (Å²) in [5.74, 6) is -0.763. The predicted molar refractivity (Wildman–Crippen MR) is 71.2 cm³/mol. The van der Waals surface area contributed by atoms with Gasteiger partial charge in [0.05, 0.1) is 18.2 Å². The van der Waals surface area contributed by atoms with E-state index < -0.39 is 5.78 Å². The second-order valence-electron chi connectivity index (χ2n) is 3.82. The topological polar surface area (TPSA) is 66.8 Å². The Balaban J connectivity index is 2.52. The lowest BCUT2D eigenvalue weighted by molar-refractivity contribution is 0.103. The van der Waals surface area contributed by atoms with Crippen molar-refractivity contribution in [3.63, 3.8) is 0 Å². The van der Waals surface area contributed by atoms with Crippen LogP contribution in [0, 0.1) is 0 Å². The molecule has 0 spiro atoms. The first-order chi connectivity index (χ1) is 9.06. The van der Waals surface area contributed by atoms with Gasteiger partial charge in [0, 0.05) is 0 Å². The van der Waals surface area contributed by atoms with Crippen LogP contribution in [0.5, 0.6) is 17.2 Å². The van der Waals surface area contributed by atoms with Crippen LogP contribution in [0.3, 0.4) is 0 Å². The average molecular weight is 279 g/mol. The monoisotopic (exact) mass is 278 g/mol. The number of halogens is 1. The summed E-state index contributed by atoms with van der Waals surface area (Å²) in [4.78, 5) is 12.2. The smallest absolute Gasteiger partial charge is 0.200 e. The normalized spacial score (nSPS) is 10.2. The van der Waals surface area contributed by atoms with Gasteiger partial charge in [-0.15, -0.1) is 0 Å². The quantitative estimate of drug-likeness (QED) is 0.847. The van der Waals surface area contributed by atoms with Gasteiger partial charge in [0.2, 0.25) is 5.78 Å². The summed E-state index contributed by atoms with van der Waals surface area (Å²) in [5.41, 5.74) is 0.103. The third kappa shape index (κ3) is 2.35. The Morgan fingerprint density at radius 3 is 2.42 bits per heavy atom. The molecule has 0 saturated heterocycles. The molecule has 0 unspecified atom stereocenters. The van der Waals surface area contributed by atoms with Crippen molar-refractivity contribution in [1.29, 1.82) is 0 Å². The van der Waals surface area contributed by atoms with E-state index in [0.717, 1.165) is 0 Å². The van der Waals surface area contributed by atoms with Crippen molar-refractivity contribution >= 4 is 17.4 Å². The summed E-state index contributed by atoms with van der Waals surface area (Å²) < 4.78 is 4.94. The Bertz CT molecular complexity index is 637. The van der Waals surface area contributed by atoms with Crippen molar-refractivity contribution in [2.75, 3.05) is 7.11 Å². The standard InChI is InChI=1S/C14H11ClO4/c1-19-11-7-6-9(14(18)12(11)15)13(17)8-4-2-3-5-10(8)16/h2-7,16,18H,1H3. The summed E-state index contributed by atoms with van der Waals surface area (Å²) in [5, 5.41) is 19.5. The number of benzene rings is 2. The molecule has 4 nitrogen and oxygen atoms in total. The zero-order chi connectivity index (χ0) is 14.0. The van der Waals surface area contributed by atoms with Crippen LogP contribution in [0.15, 0.2) is 36.4 Å². The van der Waals surface area contributed by atoms with Gasteiger partial charge in [-0.05, 0) is 24.3 Å². The largest absolute Gasteiger partial charge is 0.507 e. The number of methoxy groups -OCH3 is 1. The number of para-hydroxylation sites is 1. The SMILES string of the molecule is COc1ccc(C(=O)c2ccccc2O)c(O)c1Cl. The van der Waals surface area contributed by atoms with Crippen LogP contribution in [-0.2, 0) is 0 Å². The maximum atomic E-state index is 12.2. The summed E-state index contributed by atoms with van der Waals surface area (Å²) >= 11 is 5.88. The van der Waals surface area contributed by atoms with Gasteiger partial charge < -0.3 is 14.9 Å². The number of rotatable bonds is 3. The van der Waals surface area contributed by atoms with E-state index in [1.807, 2.05) is 0 Å². The third-order valence-electron chi connectivity index (χ3n) is 2.69. The number of phenolic OH excluding ortho intramolecular Hbond substituents is 2. The summed E-state index contributed by atoms with van der Waals surface area (Å²) in [6.45, 7) is 0. The lowest BCUT2D eigenvalue weighted by Gasteiger charge is -2.09. The molecule has 2 rings (SSSR count). The number of hydrogen-bond acceptors (Lipinski definition) is 4. The Hall–Kier alpha value is -2.20.